The topological polar surface area (TPSA) is 30.7 Å². The number of para-hydroxylation sites is 1. The van der Waals surface area contributed by atoms with E-state index in [1.807, 2.05) is 0 Å². The van der Waals surface area contributed by atoms with E-state index in [2.05, 4.69) is 168 Å². The highest BCUT2D eigenvalue weighted by molar-refractivity contribution is 7.25. The zero-order valence-corrected chi connectivity index (χ0v) is 26.7. The van der Waals surface area contributed by atoms with E-state index in [4.69, 9.17) is 9.97 Å². The molecule has 0 saturated carbocycles. The summed E-state index contributed by atoms with van der Waals surface area (Å²) < 4.78 is 3.46. The summed E-state index contributed by atoms with van der Waals surface area (Å²) in [5.74, 6) is 0.678. The summed E-state index contributed by atoms with van der Waals surface area (Å²) in [4.78, 5) is 11.9. The molecule has 0 bridgehead atoms. The van der Waals surface area contributed by atoms with E-state index in [-0.39, 0.29) is 0 Å². The standard InChI is InChI=1S/C44H27N3S/c1-3-13-28(14-4-1)32-23-33(29-15-5-2-6-16-29)25-34(24-32)42-41-36-20-10-12-22-40(36)48-43(41)46-44(45-42)47-38-21-11-9-19-35(38)37-26-30-17-7-8-18-31(30)27-39(37)47/h1-27H. The lowest BCUT2D eigenvalue weighted by atomic mass is 9.94. The normalized spacial score (nSPS) is 11.8. The molecule has 224 valence electrons. The van der Waals surface area contributed by atoms with Gasteiger partial charge < -0.3 is 0 Å². The van der Waals surface area contributed by atoms with Crippen molar-refractivity contribution in [3.63, 3.8) is 0 Å². The molecule has 0 N–H and O–H groups in total. The van der Waals surface area contributed by atoms with Crippen molar-refractivity contribution in [3.8, 4) is 39.5 Å². The molecule has 0 saturated heterocycles. The van der Waals surface area contributed by atoms with Crippen LogP contribution in [0.1, 0.15) is 0 Å². The van der Waals surface area contributed by atoms with Crippen molar-refractivity contribution in [3.05, 3.63) is 164 Å². The second kappa shape index (κ2) is 10.7. The van der Waals surface area contributed by atoms with Gasteiger partial charge >= 0.3 is 0 Å². The lowest BCUT2D eigenvalue weighted by Crippen LogP contribution is -2.03. The summed E-state index contributed by atoms with van der Waals surface area (Å²) in [5.41, 5.74) is 8.86. The van der Waals surface area contributed by atoms with Crippen LogP contribution in [0.5, 0.6) is 0 Å². The first-order chi connectivity index (χ1) is 23.8. The molecule has 7 aromatic carbocycles. The number of thiophene rings is 1. The lowest BCUT2D eigenvalue weighted by Gasteiger charge is -2.14. The average Bonchev–Trinajstić information content (AvgIpc) is 3.69. The Hall–Kier alpha value is -6.10. The van der Waals surface area contributed by atoms with Crippen LogP contribution in [0.3, 0.4) is 0 Å². The van der Waals surface area contributed by atoms with Crippen LogP contribution in [0.4, 0.5) is 0 Å². The second-order valence-electron chi connectivity index (χ2n) is 12.3. The third-order valence-electron chi connectivity index (χ3n) is 9.39. The van der Waals surface area contributed by atoms with Gasteiger partial charge in [-0.15, -0.1) is 11.3 Å². The van der Waals surface area contributed by atoms with Crippen molar-refractivity contribution in [2.75, 3.05) is 0 Å². The van der Waals surface area contributed by atoms with Crippen LogP contribution in [0, 0.1) is 0 Å². The van der Waals surface area contributed by atoms with Crippen LogP contribution in [0.15, 0.2) is 164 Å². The van der Waals surface area contributed by atoms with Crippen molar-refractivity contribution in [2.24, 2.45) is 0 Å². The molecule has 0 amide bonds. The molecule has 0 aliphatic rings. The van der Waals surface area contributed by atoms with Crippen LogP contribution in [0.2, 0.25) is 0 Å². The van der Waals surface area contributed by atoms with E-state index in [0.717, 1.165) is 43.6 Å². The number of aromatic nitrogens is 3. The number of hydrogen-bond acceptors (Lipinski definition) is 3. The predicted molar refractivity (Wildman–Crippen MR) is 203 cm³/mol. The van der Waals surface area contributed by atoms with Gasteiger partial charge in [0.15, 0.2) is 0 Å². The second-order valence-corrected chi connectivity index (χ2v) is 13.3. The molecule has 0 aliphatic heterocycles. The molecular weight excluding hydrogens is 603 g/mol. The number of rotatable bonds is 4. The minimum atomic E-state index is 0.678. The van der Waals surface area contributed by atoms with Gasteiger partial charge in [0.2, 0.25) is 5.95 Å². The van der Waals surface area contributed by atoms with Gasteiger partial charge in [0.1, 0.15) is 4.83 Å². The molecule has 0 spiro atoms. The quantitative estimate of drug-likeness (QED) is 0.194. The maximum absolute atomic E-state index is 5.54. The fourth-order valence-electron chi connectivity index (χ4n) is 7.15. The maximum Gasteiger partial charge on any atom is 0.236 e. The minimum absolute atomic E-state index is 0.678. The molecule has 0 atom stereocenters. The number of hydrogen-bond donors (Lipinski definition) is 0. The van der Waals surface area contributed by atoms with Gasteiger partial charge in [-0.1, -0.05) is 121 Å². The highest BCUT2D eigenvalue weighted by Crippen LogP contribution is 2.42. The summed E-state index contributed by atoms with van der Waals surface area (Å²) >= 11 is 1.73. The van der Waals surface area contributed by atoms with Gasteiger partial charge in [0.25, 0.3) is 0 Å². The van der Waals surface area contributed by atoms with Crippen molar-refractivity contribution in [1.82, 2.24) is 14.5 Å². The zero-order chi connectivity index (χ0) is 31.6. The van der Waals surface area contributed by atoms with Gasteiger partial charge in [-0.05, 0) is 75.5 Å². The summed E-state index contributed by atoms with van der Waals surface area (Å²) in [6.07, 6.45) is 0. The molecule has 3 nitrogen and oxygen atoms in total. The fraction of sp³-hybridized carbons (Fsp3) is 0. The summed E-state index contributed by atoms with van der Waals surface area (Å²) in [6.45, 7) is 0. The van der Waals surface area contributed by atoms with Crippen LogP contribution in [-0.2, 0) is 0 Å². The molecule has 4 heteroatoms. The molecule has 0 fully saturated rings. The van der Waals surface area contributed by atoms with Crippen LogP contribution >= 0.6 is 11.3 Å². The predicted octanol–water partition coefficient (Wildman–Crippen LogP) is 12.1. The van der Waals surface area contributed by atoms with Crippen molar-refractivity contribution in [2.45, 2.75) is 0 Å². The molecule has 48 heavy (non-hydrogen) atoms. The first-order valence-corrected chi connectivity index (χ1v) is 17.0. The molecule has 10 rings (SSSR count). The SMILES string of the molecule is c1ccc(-c2cc(-c3ccccc3)cc(-c3nc(-n4c5ccccc5c5cc6ccccc6cc54)nc4sc5ccccc5c34)c2)cc1. The van der Waals surface area contributed by atoms with E-state index < -0.39 is 0 Å². The van der Waals surface area contributed by atoms with E-state index in [0.29, 0.717) is 5.95 Å². The Labute approximate surface area is 281 Å². The first-order valence-electron chi connectivity index (χ1n) is 16.2. The first kappa shape index (κ1) is 27.1. The molecule has 3 aromatic heterocycles. The van der Waals surface area contributed by atoms with E-state index >= 15 is 0 Å². The molecule has 0 unspecified atom stereocenters. The molecule has 10 aromatic rings. The molecular formula is C44H27N3S. The van der Waals surface area contributed by atoms with Crippen LogP contribution in [-0.4, -0.2) is 14.5 Å². The number of fused-ring (bicyclic) bond motifs is 7. The zero-order valence-electron chi connectivity index (χ0n) is 25.8. The number of nitrogens with zero attached hydrogens (tertiary/aromatic N) is 3. The number of benzene rings is 7. The minimum Gasteiger partial charge on any atom is -0.278 e. The monoisotopic (exact) mass is 629 g/mol. The van der Waals surface area contributed by atoms with Gasteiger partial charge in [0, 0.05) is 31.8 Å². The highest BCUT2D eigenvalue weighted by Gasteiger charge is 2.21. The van der Waals surface area contributed by atoms with Crippen molar-refractivity contribution >= 4 is 64.2 Å². The van der Waals surface area contributed by atoms with Crippen LogP contribution < -0.4 is 0 Å². The maximum atomic E-state index is 5.54. The smallest absolute Gasteiger partial charge is 0.236 e. The molecule has 3 heterocycles. The third-order valence-corrected chi connectivity index (χ3v) is 10.5. The van der Waals surface area contributed by atoms with Gasteiger partial charge in [-0.3, -0.25) is 4.57 Å². The summed E-state index contributed by atoms with van der Waals surface area (Å²) in [5, 5.41) is 7.08. The van der Waals surface area contributed by atoms with E-state index in [1.165, 1.54) is 42.8 Å². The lowest BCUT2D eigenvalue weighted by molar-refractivity contribution is 1.02. The Morgan fingerprint density at radius 2 is 1.00 bits per heavy atom. The summed E-state index contributed by atoms with van der Waals surface area (Å²) in [7, 11) is 0. The average molecular weight is 630 g/mol. The largest absolute Gasteiger partial charge is 0.278 e. The molecule has 0 aliphatic carbocycles. The van der Waals surface area contributed by atoms with Gasteiger partial charge in [-0.25, -0.2) is 9.97 Å². The summed E-state index contributed by atoms with van der Waals surface area (Å²) in [6, 6.07) is 58.5. The Balaban J connectivity index is 1.32. The Bertz CT molecular complexity index is 2770. The molecule has 0 radical (unpaired) electrons. The fourth-order valence-corrected chi connectivity index (χ4v) is 8.22. The van der Waals surface area contributed by atoms with E-state index in [1.54, 1.807) is 11.3 Å². The van der Waals surface area contributed by atoms with Crippen LogP contribution in [0.25, 0.3) is 92.3 Å². The third kappa shape index (κ3) is 4.27. The van der Waals surface area contributed by atoms with Crippen molar-refractivity contribution in [1.29, 1.82) is 0 Å². The Kier molecular flexibility index (Phi) is 6.05. The van der Waals surface area contributed by atoms with Gasteiger partial charge in [0.05, 0.1) is 16.7 Å². The van der Waals surface area contributed by atoms with E-state index in [9.17, 15) is 0 Å². The Morgan fingerprint density at radius 1 is 0.417 bits per heavy atom. The Morgan fingerprint density at radius 3 is 1.73 bits per heavy atom. The van der Waals surface area contributed by atoms with Crippen molar-refractivity contribution < 1.29 is 0 Å². The highest BCUT2D eigenvalue weighted by atomic mass is 32.1. The van der Waals surface area contributed by atoms with Gasteiger partial charge in [-0.2, -0.15) is 0 Å².